The van der Waals surface area contributed by atoms with E-state index in [1.807, 2.05) is 0 Å². The molecule has 4 amide bonds. The highest BCUT2D eigenvalue weighted by atomic mass is 16.2. The number of nitrogens with one attached hydrogen (secondary N) is 2. The third-order valence-electron chi connectivity index (χ3n) is 2.64. The number of hydrogen-bond acceptors (Lipinski definition) is 5. The number of rotatable bonds is 4. The molecule has 1 aromatic carbocycles. The van der Waals surface area contributed by atoms with E-state index in [0.717, 1.165) is 4.90 Å². The molecular formula is C14H18N4O4. The zero-order valence-electron chi connectivity index (χ0n) is 12.4. The number of imide groups is 1. The minimum absolute atomic E-state index is 0.0247. The van der Waals surface area contributed by atoms with Crippen molar-refractivity contribution in [3.63, 3.8) is 0 Å². The summed E-state index contributed by atoms with van der Waals surface area (Å²) in [5.74, 6) is -2.67. The highest BCUT2D eigenvalue weighted by molar-refractivity contribution is 6.41. The van der Waals surface area contributed by atoms with Gasteiger partial charge >= 0.3 is 11.8 Å². The van der Waals surface area contributed by atoms with Crippen molar-refractivity contribution < 1.29 is 19.2 Å². The van der Waals surface area contributed by atoms with Gasteiger partial charge in [-0.15, -0.1) is 0 Å². The summed E-state index contributed by atoms with van der Waals surface area (Å²) < 4.78 is 0. The molecule has 0 saturated carbocycles. The Kier molecular flexibility index (Phi) is 6.21. The molecule has 0 aliphatic carbocycles. The molecule has 0 fully saturated rings. The average molecular weight is 306 g/mol. The van der Waals surface area contributed by atoms with Crippen LogP contribution in [0.1, 0.15) is 13.8 Å². The second kappa shape index (κ2) is 7.89. The van der Waals surface area contributed by atoms with Crippen LogP contribution in [0.5, 0.6) is 0 Å². The third-order valence-corrected chi connectivity index (χ3v) is 2.64. The van der Waals surface area contributed by atoms with Gasteiger partial charge in [-0.3, -0.25) is 24.1 Å². The molecule has 0 bridgehead atoms. The van der Waals surface area contributed by atoms with Crippen molar-refractivity contribution >= 4 is 35.0 Å². The fourth-order valence-electron chi connectivity index (χ4n) is 1.68. The van der Waals surface area contributed by atoms with Crippen molar-refractivity contribution in [1.82, 2.24) is 4.90 Å². The van der Waals surface area contributed by atoms with Crippen molar-refractivity contribution in [3.8, 4) is 0 Å². The van der Waals surface area contributed by atoms with Gasteiger partial charge in [-0.25, -0.2) is 0 Å². The van der Waals surface area contributed by atoms with Crippen molar-refractivity contribution in [1.29, 1.82) is 0 Å². The second-order valence-electron chi connectivity index (χ2n) is 4.48. The Hall–Kier alpha value is -2.74. The van der Waals surface area contributed by atoms with Crippen molar-refractivity contribution in [3.05, 3.63) is 24.3 Å². The number of benzene rings is 1. The second-order valence-corrected chi connectivity index (χ2v) is 4.48. The van der Waals surface area contributed by atoms with Gasteiger partial charge in [0.2, 0.25) is 11.8 Å². The molecule has 8 heteroatoms. The van der Waals surface area contributed by atoms with E-state index in [1.54, 1.807) is 12.1 Å². The van der Waals surface area contributed by atoms with Gasteiger partial charge in [-0.2, -0.15) is 0 Å². The third kappa shape index (κ3) is 4.98. The van der Waals surface area contributed by atoms with Crippen LogP contribution in [0.25, 0.3) is 0 Å². The Morgan fingerprint density at radius 1 is 1.00 bits per heavy atom. The van der Waals surface area contributed by atoms with E-state index in [4.69, 9.17) is 5.73 Å². The summed E-state index contributed by atoms with van der Waals surface area (Å²) in [6, 6.07) is 6.20. The highest BCUT2D eigenvalue weighted by Crippen LogP contribution is 2.13. The Morgan fingerprint density at radius 3 is 1.91 bits per heavy atom. The number of amides is 4. The lowest BCUT2D eigenvalue weighted by Crippen LogP contribution is -2.44. The Balaban J connectivity index is 2.73. The maximum Gasteiger partial charge on any atom is 0.318 e. The predicted octanol–water partition coefficient (Wildman–Crippen LogP) is -0.0827. The first-order chi connectivity index (χ1) is 10.3. The van der Waals surface area contributed by atoms with Gasteiger partial charge in [0.05, 0.1) is 0 Å². The molecule has 0 saturated heterocycles. The van der Waals surface area contributed by atoms with E-state index in [9.17, 15) is 19.2 Å². The maximum absolute atomic E-state index is 11.9. The van der Waals surface area contributed by atoms with Gasteiger partial charge in [0.25, 0.3) is 0 Å². The first-order valence-electron chi connectivity index (χ1n) is 6.56. The molecule has 4 N–H and O–H groups in total. The van der Waals surface area contributed by atoms with Crippen LogP contribution in [0.2, 0.25) is 0 Å². The topological polar surface area (TPSA) is 122 Å². The molecule has 118 valence electrons. The summed E-state index contributed by atoms with van der Waals surface area (Å²) in [5, 5.41) is 4.95. The van der Waals surface area contributed by atoms with E-state index in [1.165, 1.54) is 26.0 Å². The number of carbonyl (C=O) groups is 4. The molecular weight excluding hydrogens is 288 g/mol. The van der Waals surface area contributed by atoms with E-state index in [0.29, 0.717) is 11.4 Å². The fourth-order valence-corrected chi connectivity index (χ4v) is 1.68. The molecule has 0 aliphatic heterocycles. The van der Waals surface area contributed by atoms with Crippen molar-refractivity contribution in [2.45, 2.75) is 13.8 Å². The quantitative estimate of drug-likeness (QED) is 0.672. The van der Waals surface area contributed by atoms with Crippen LogP contribution < -0.4 is 16.4 Å². The van der Waals surface area contributed by atoms with Gasteiger partial charge in [0.1, 0.15) is 0 Å². The standard InChI is InChI=1S/C14H18N4O4/c1-9(19)16-11-3-5-12(6-4-11)17-13(21)14(22)18(8-7-15)10(2)20/h3-6H,7-8,15H2,1-2H3,(H,16,19)(H,17,21). The molecule has 8 nitrogen and oxygen atoms in total. The number of nitrogens with zero attached hydrogens (tertiary/aromatic N) is 1. The summed E-state index contributed by atoms with van der Waals surface area (Å²) in [4.78, 5) is 46.7. The van der Waals surface area contributed by atoms with Crippen LogP contribution >= 0.6 is 0 Å². The van der Waals surface area contributed by atoms with Crippen molar-refractivity contribution in [2.75, 3.05) is 23.7 Å². The van der Waals surface area contributed by atoms with E-state index < -0.39 is 17.7 Å². The van der Waals surface area contributed by atoms with Gasteiger partial charge in [0.15, 0.2) is 0 Å². The molecule has 0 aromatic heterocycles. The largest absolute Gasteiger partial charge is 0.329 e. The summed E-state index contributed by atoms with van der Waals surface area (Å²) in [6.45, 7) is 2.61. The first kappa shape index (κ1) is 17.3. The number of nitrogens with two attached hydrogens (primary N) is 1. The Labute approximate surface area is 127 Å². The highest BCUT2D eigenvalue weighted by Gasteiger charge is 2.24. The number of carbonyl (C=O) groups excluding carboxylic acids is 4. The normalized spacial score (nSPS) is 9.77. The lowest BCUT2D eigenvalue weighted by Gasteiger charge is -2.17. The smallest absolute Gasteiger partial charge is 0.318 e. The van der Waals surface area contributed by atoms with Crippen LogP contribution in [-0.4, -0.2) is 41.6 Å². The fraction of sp³-hybridized carbons (Fsp3) is 0.286. The van der Waals surface area contributed by atoms with Crippen LogP contribution in [0, 0.1) is 0 Å². The van der Waals surface area contributed by atoms with Crippen LogP contribution in [0.3, 0.4) is 0 Å². The zero-order valence-corrected chi connectivity index (χ0v) is 12.4. The summed E-state index contributed by atoms with van der Waals surface area (Å²) in [7, 11) is 0. The molecule has 0 heterocycles. The molecule has 0 atom stereocenters. The Bertz CT molecular complexity index is 583. The average Bonchev–Trinajstić information content (AvgIpc) is 2.45. The molecule has 22 heavy (non-hydrogen) atoms. The van der Waals surface area contributed by atoms with E-state index in [-0.39, 0.29) is 19.0 Å². The van der Waals surface area contributed by atoms with Gasteiger partial charge in [-0.1, -0.05) is 0 Å². The van der Waals surface area contributed by atoms with E-state index >= 15 is 0 Å². The molecule has 1 rings (SSSR count). The lowest BCUT2D eigenvalue weighted by molar-refractivity contribution is -0.149. The SMILES string of the molecule is CC(=O)Nc1ccc(NC(=O)C(=O)N(CCN)C(C)=O)cc1. The van der Waals surface area contributed by atoms with E-state index in [2.05, 4.69) is 10.6 Å². The summed E-state index contributed by atoms with van der Waals surface area (Å²) >= 11 is 0. The minimum Gasteiger partial charge on any atom is -0.329 e. The number of anilines is 2. The summed E-state index contributed by atoms with van der Waals surface area (Å²) in [5.41, 5.74) is 6.23. The molecule has 0 aliphatic rings. The van der Waals surface area contributed by atoms with Gasteiger partial charge in [-0.05, 0) is 24.3 Å². The van der Waals surface area contributed by atoms with Crippen LogP contribution in [0.4, 0.5) is 11.4 Å². The molecule has 1 aromatic rings. The number of hydrogen-bond donors (Lipinski definition) is 3. The van der Waals surface area contributed by atoms with Crippen LogP contribution in [0.15, 0.2) is 24.3 Å². The maximum atomic E-state index is 11.9. The van der Waals surface area contributed by atoms with Gasteiger partial charge in [0, 0.05) is 38.3 Å². The molecule has 0 radical (unpaired) electrons. The molecule has 0 spiro atoms. The van der Waals surface area contributed by atoms with Crippen LogP contribution in [-0.2, 0) is 19.2 Å². The summed E-state index contributed by atoms with van der Waals surface area (Å²) in [6.07, 6.45) is 0. The van der Waals surface area contributed by atoms with Gasteiger partial charge < -0.3 is 16.4 Å². The Morgan fingerprint density at radius 2 is 1.50 bits per heavy atom. The predicted molar refractivity (Wildman–Crippen MR) is 80.8 cm³/mol. The lowest BCUT2D eigenvalue weighted by atomic mass is 10.2. The van der Waals surface area contributed by atoms with Crippen molar-refractivity contribution in [2.24, 2.45) is 5.73 Å². The first-order valence-corrected chi connectivity index (χ1v) is 6.56. The minimum atomic E-state index is -0.969. The monoisotopic (exact) mass is 306 g/mol. The molecule has 0 unspecified atom stereocenters. The zero-order chi connectivity index (χ0) is 16.7.